The number of amides is 2. The number of hydrogen-bond acceptors (Lipinski definition) is 6. The van der Waals surface area contributed by atoms with E-state index < -0.39 is 5.91 Å². The zero-order valence-electron chi connectivity index (χ0n) is 14.0. The number of primary amides is 1. The van der Waals surface area contributed by atoms with E-state index in [0.29, 0.717) is 18.5 Å². The third-order valence-electron chi connectivity index (χ3n) is 3.32. The van der Waals surface area contributed by atoms with Crippen molar-refractivity contribution >= 4 is 11.8 Å². The molecule has 0 radical (unpaired) electrons. The molecule has 0 saturated heterocycles. The molecule has 8 nitrogen and oxygen atoms in total. The minimum atomic E-state index is -0.635. The molecule has 2 amide bonds. The topological polar surface area (TPSA) is 113 Å². The van der Waals surface area contributed by atoms with Crippen LogP contribution in [0.15, 0.2) is 34.9 Å². The Hall–Kier alpha value is -3.16. The van der Waals surface area contributed by atoms with Gasteiger partial charge in [-0.2, -0.15) is 0 Å². The van der Waals surface area contributed by atoms with E-state index in [9.17, 15) is 9.59 Å². The maximum atomic E-state index is 12.3. The number of ether oxygens (including phenoxy) is 3. The fourth-order valence-corrected chi connectivity index (χ4v) is 2.15. The minimum absolute atomic E-state index is 0.205. The van der Waals surface area contributed by atoms with Crippen molar-refractivity contribution in [2.45, 2.75) is 6.42 Å². The van der Waals surface area contributed by atoms with Gasteiger partial charge in [0.2, 0.25) is 5.75 Å². The number of furan rings is 1. The normalized spacial score (nSPS) is 10.2. The van der Waals surface area contributed by atoms with Crippen molar-refractivity contribution in [3.05, 3.63) is 41.9 Å². The predicted octanol–water partition coefficient (Wildman–Crippen LogP) is 1.13. The monoisotopic (exact) mass is 348 g/mol. The first kappa shape index (κ1) is 18.2. The summed E-state index contributed by atoms with van der Waals surface area (Å²) in [7, 11) is 2.84. The highest BCUT2D eigenvalue weighted by atomic mass is 16.5. The van der Waals surface area contributed by atoms with E-state index in [2.05, 4.69) is 5.32 Å². The van der Waals surface area contributed by atoms with Crippen LogP contribution < -0.4 is 25.3 Å². The molecule has 0 fully saturated rings. The molecule has 0 aliphatic carbocycles. The number of hydrogen-bond donors (Lipinski definition) is 2. The standard InChI is InChI=1S/C17H20N2O6/c1-22-13-8-11(9-14(23-2)16(13)25-10-15(18)20)17(21)19-6-5-12-4-3-7-24-12/h3-4,7-9H,5-6,10H2,1-2H3,(H2,18,20)(H,19,21). The van der Waals surface area contributed by atoms with Crippen LogP contribution in [0.2, 0.25) is 0 Å². The zero-order chi connectivity index (χ0) is 18.2. The second kappa shape index (κ2) is 8.62. The molecular weight excluding hydrogens is 328 g/mol. The van der Waals surface area contributed by atoms with Gasteiger partial charge < -0.3 is 29.7 Å². The fraction of sp³-hybridized carbons (Fsp3) is 0.294. The number of nitrogens with two attached hydrogens (primary N) is 1. The van der Waals surface area contributed by atoms with Crippen LogP contribution in [0.25, 0.3) is 0 Å². The molecule has 1 heterocycles. The van der Waals surface area contributed by atoms with Crippen LogP contribution >= 0.6 is 0 Å². The smallest absolute Gasteiger partial charge is 0.255 e. The van der Waals surface area contributed by atoms with Crippen LogP contribution in [0, 0.1) is 0 Å². The number of methoxy groups -OCH3 is 2. The molecule has 0 saturated carbocycles. The Kier molecular flexibility index (Phi) is 6.27. The lowest BCUT2D eigenvalue weighted by Crippen LogP contribution is -2.26. The third kappa shape index (κ3) is 4.90. The molecule has 1 aromatic heterocycles. The molecule has 2 rings (SSSR count). The molecule has 0 aliphatic heterocycles. The van der Waals surface area contributed by atoms with E-state index in [1.54, 1.807) is 12.3 Å². The van der Waals surface area contributed by atoms with E-state index in [1.807, 2.05) is 6.07 Å². The molecule has 0 spiro atoms. The number of nitrogens with one attached hydrogen (secondary N) is 1. The molecule has 3 N–H and O–H groups in total. The zero-order valence-corrected chi connectivity index (χ0v) is 14.0. The lowest BCUT2D eigenvalue weighted by molar-refractivity contribution is -0.120. The Morgan fingerprint density at radius 1 is 1.20 bits per heavy atom. The van der Waals surface area contributed by atoms with Gasteiger partial charge in [0.1, 0.15) is 5.76 Å². The molecule has 0 unspecified atom stereocenters. The Morgan fingerprint density at radius 2 is 1.88 bits per heavy atom. The summed E-state index contributed by atoms with van der Waals surface area (Å²) in [5.41, 5.74) is 5.41. The van der Waals surface area contributed by atoms with E-state index >= 15 is 0 Å². The van der Waals surface area contributed by atoms with Crippen molar-refractivity contribution in [1.82, 2.24) is 5.32 Å². The van der Waals surface area contributed by atoms with Crippen LogP contribution in [0.1, 0.15) is 16.1 Å². The highest BCUT2D eigenvalue weighted by Crippen LogP contribution is 2.38. The SMILES string of the molecule is COc1cc(C(=O)NCCc2ccco2)cc(OC)c1OCC(N)=O. The lowest BCUT2D eigenvalue weighted by Gasteiger charge is -2.15. The summed E-state index contributed by atoms with van der Waals surface area (Å²) in [5, 5.41) is 2.78. The van der Waals surface area contributed by atoms with E-state index in [4.69, 9.17) is 24.4 Å². The molecule has 2 aromatic rings. The highest BCUT2D eigenvalue weighted by Gasteiger charge is 2.18. The Morgan fingerprint density at radius 3 is 2.40 bits per heavy atom. The largest absolute Gasteiger partial charge is 0.493 e. The van der Waals surface area contributed by atoms with Gasteiger partial charge in [-0.3, -0.25) is 9.59 Å². The number of carbonyl (C=O) groups excluding carboxylic acids is 2. The molecule has 0 atom stereocenters. The first-order chi connectivity index (χ1) is 12.0. The lowest BCUT2D eigenvalue weighted by atomic mass is 10.1. The maximum Gasteiger partial charge on any atom is 0.255 e. The predicted molar refractivity (Wildman–Crippen MR) is 89.0 cm³/mol. The van der Waals surface area contributed by atoms with Gasteiger partial charge in [0.15, 0.2) is 18.1 Å². The second-order valence-electron chi connectivity index (χ2n) is 5.05. The number of carbonyl (C=O) groups is 2. The van der Waals surface area contributed by atoms with Crippen LogP contribution in [-0.2, 0) is 11.2 Å². The van der Waals surface area contributed by atoms with Gasteiger partial charge in [-0.15, -0.1) is 0 Å². The van der Waals surface area contributed by atoms with Crippen molar-refractivity contribution < 1.29 is 28.2 Å². The van der Waals surface area contributed by atoms with Gasteiger partial charge in [-0.1, -0.05) is 0 Å². The van der Waals surface area contributed by atoms with Gasteiger partial charge in [0.25, 0.3) is 11.8 Å². The van der Waals surface area contributed by atoms with Gasteiger partial charge in [-0.25, -0.2) is 0 Å². The second-order valence-corrected chi connectivity index (χ2v) is 5.05. The maximum absolute atomic E-state index is 12.3. The summed E-state index contributed by atoms with van der Waals surface area (Å²) >= 11 is 0. The molecular formula is C17H20N2O6. The molecule has 25 heavy (non-hydrogen) atoms. The molecule has 8 heteroatoms. The molecule has 134 valence electrons. The van der Waals surface area contributed by atoms with Gasteiger partial charge >= 0.3 is 0 Å². The first-order valence-electron chi connectivity index (χ1n) is 7.52. The average Bonchev–Trinajstić information content (AvgIpc) is 3.12. The van der Waals surface area contributed by atoms with Crippen LogP contribution in [0.4, 0.5) is 0 Å². The Balaban J connectivity index is 2.11. The molecule has 0 aliphatic rings. The van der Waals surface area contributed by atoms with Gasteiger partial charge in [0, 0.05) is 18.5 Å². The van der Waals surface area contributed by atoms with Crippen molar-refractivity contribution in [3.8, 4) is 17.2 Å². The number of benzene rings is 1. The number of rotatable bonds is 9. The minimum Gasteiger partial charge on any atom is -0.493 e. The Labute approximate surface area is 144 Å². The first-order valence-corrected chi connectivity index (χ1v) is 7.52. The third-order valence-corrected chi connectivity index (χ3v) is 3.32. The van der Waals surface area contributed by atoms with Crippen LogP contribution in [0.3, 0.4) is 0 Å². The summed E-state index contributed by atoms with van der Waals surface area (Å²) in [4.78, 5) is 23.2. The van der Waals surface area contributed by atoms with E-state index in [1.165, 1.54) is 26.4 Å². The van der Waals surface area contributed by atoms with Crippen LogP contribution in [-0.4, -0.2) is 39.2 Å². The van der Waals surface area contributed by atoms with Crippen LogP contribution in [0.5, 0.6) is 17.2 Å². The van der Waals surface area contributed by atoms with Crippen molar-refractivity contribution in [1.29, 1.82) is 0 Å². The highest BCUT2D eigenvalue weighted by molar-refractivity contribution is 5.95. The fourth-order valence-electron chi connectivity index (χ4n) is 2.15. The van der Waals surface area contributed by atoms with E-state index in [0.717, 1.165) is 5.76 Å². The van der Waals surface area contributed by atoms with Crippen molar-refractivity contribution in [3.63, 3.8) is 0 Å². The summed E-state index contributed by atoms with van der Waals surface area (Å²) in [6.07, 6.45) is 2.16. The Bertz CT molecular complexity index is 702. The summed E-state index contributed by atoms with van der Waals surface area (Å²) in [5.74, 6) is 0.573. The summed E-state index contributed by atoms with van der Waals surface area (Å²) < 4.78 is 21.0. The van der Waals surface area contributed by atoms with Gasteiger partial charge in [-0.05, 0) is 24.3 Å². The van der Waals surface area contributed by atoms with Crippen molar-refractivity contribution in [2.24, 2.45) is 5.73 Å². The molecule has 1 aromatic carbocycles. The summed E-state index contributed by atoms with van der Waals surface area (Å²) in [6, 6.07) is 6.63. The van der Waals surface area contributed by atoms with Gasteiger partial charge in [0.05, 0.1) is 20.5 Å². The van der Waals surface area contributed by atoms with Crippen molar-refractivity contribution in [2.75, 3.05) is 27.4 Å². The quantitative estimate of drug-likeness (QED) is 0.702. The van der Waals surface area contributed by atoms with E-state index in [-0.39, 0.29) is 29.8 Å². The molecule has 0 bridgehead atoms. The average molecular weight is 348 g/mol. The summed E-state index contributed by atoms with van der Waals surface area (Å²) in [6.45, 7) is 0.0817.